The van der Waals surface area contributed by atoms with Crippen LogP contribution in [0.2, 0.25) is 5.02 Å². The Hall–Kier alpha value is -1.39. The molecule has 0 bridgehead atoms. The number of hydrogen-bond donors (Lipinski definition) is 2. The molecule has 0 saturated carbocycles. The molecule has 1 aliphatic rings. The summed E-state index contributed by atoms with van der Waals surface area (Å²) >= 11 is 6.24. The van der Waals surface area contributed by atoms with Crippen LogP contribution < -0.4 is 15.5 Å². The molecule has 9 heteroatoms. The van der Waals surface area contributed by atoms with Gasteiger partial charge in [0.15, 0.2) is 5.96 Å². The van der Waals surface area contributed by atoms with E-state index in [2.05, 4.69) is 25.5 Å². The Morgan fingerprint density at radius 2 is 2.11 bits per heavy atom. The fourth-order valence-electron chi connectivity index (χ4n) is 3.02. The Labute approximate surface area is 190 Å². The molecule has 2 aromatic rings. The molecule has 2 unspecified atom stereocenters. The first-order chi connectivity index (χ1) is 13.2. The van der Waals surface area contributed by atoms with Gasteiger partial charge in [-0.2, -0.15) is 0 Å². The molecule has 2 heterocycles. The van der Waals surface area contributed by atoms with Gasteiger partial charge in [0.2, 0.25) is 0 Å². The van der Waals surface area contributed by atoms with Gasteiger partial charge in [-0.05, 0) is 30.7 Å². The lowest BCUT2D eigenvalue weighted by Crippen LogP contribution is -2.45. The van der Waals surface area contributed by atoms with Crippen molar-refractivity contribution < 1.29 is 4.21 Å². The van der Waals surface area contributed by atoms with Gasteiger partial charge in [-0.15, -0.1) is 24.0 Å². The van der Waals surface area contributed by atoms with Crippen molar-refractivity contribution in [3.05, 3.63) is 53.7 Å². The minimum Gasteiger partial charge on any atom is -0.355 e. The summed E-state index contributed by atoms with van der Waals surface area (Å²) in [5.74, 6) is 2.08. The molecule has 1 aromatic carbocycles. The topological polar surface area (TPSA) is 69.6 Å². The number of guanidine groups is 1. The van der Waals surface area contributed by atoms with Crippen LogP contribution in [-0.2, 0) is 10.8 Å². The zero-order valence-electron chi connectivity index (χ0n) is 15.7. The molecule has 0 aliphatic carbocycles. The van der Waals surface area contributed by atoms with Crippen molar-refractivity contribution in [3.63, 3.8) is 0 Å². The molecular weight excluding hydrogens is 509 g/mol. The molecule has 0 spiro atoms. The quantitative estimate of drug-likeness (QED) is 0.340. The highest BCUT2D eigenvalue weighted by Crippen LogP contribution is 2.25. The Kier molecular flexibility index (Phi) is 9.46. The zero-order valence-corrected chi connectivity index (χ0v) is 19.6. The Morgan fingerprint density at radius 1 is 1.32 bits per heavy atom. The number of aliphatic imine (C=N–C) groups is 1. The fraction of sp³-hybridized carbons (Fsp3) is 0.368. The average Bonchev–Trinajstić information content (AvgIpc) is 3.16. The molecular formula is C19H25ClIN5OS. The van der Waals surface area contributed by atoms with E-state index in [-0.39, 0.29) is 30.0 Å². The lowest BCUT2D eigenvalue weighted by Gasteiger charge is -2.20. The van der Waals surface area contributed by atoms with E-state index in [0.29, 0.717) is 17.3 Å². The van der Waals surface area contributed by atoms with Gasteiger partial charge in [0, 0.05) is 49.6 Å². The number of benzene rings is 1. The van der Waals surface area contributed by atoms with E-state index in [1.807, 2.05) is 42.5 Å². The van der Waals surface area contributed by atoms with E-state index < -0.39 is 10.8 Å². The van der Waals surface area contributed by atoms with Crippen LogP contribution in [-0.4, -0.2) is 53.6 Å². The zero-order chi connectivity index (χ0) is 19.1. The number of hydrogen-bond acceptors (Lipinski definition) is 4. The van der Waals surface area contributed by atoms with Crippen LogP contribution in [0.25, 0.3) is 0 Å². The van der Waals surface area contributed by atoms with Crippen molar-refractivity contribution in [1.29, 1.82) is 0 Å². The normalized spacial score (nSPS) is 17.7. The lowest BCUT2D eigenvalue weighted by atomic mass is 10.3. The Balaban J connectivity index is 0.00000280. The molecule has 28 heavy (non-hydrogen) atoms. The summed E-state index contributed by atoms with van der Waals surface area (Å²) in [5, 5.41) is 7.34. The molecule has 0 radical (unpaired) electrons. The number of nitrogens with one attached hydrogen (secondary N) is 2. The summed E-state index contributed by atoms with van der Waals surface area (Å²) in [7, 11) is 0.726. The van der Waals surface area contributed by atoms with E-state index in [1.165, 1.54) is 0 Å². The fourth-order valence-corrected chi connectivity index (χ4v) is 4.25. The smallest absolute Gasteiger partial charge is 0.191 e. The molecule has 2 N–H and O–H groups in total. The second-order valence-electron chi connectivity index (χ2n) is 6.25. The van der Waals surface area contributed by atoms with Crippen LogP contribution in [0.4, 0.5) is 5.82 Å². The summed E-state index contributed by atoms with van der Waals surface area (Å²) in [5.41, 5.74) is 0. The molecule has 1 fully saturated rings. The van der Waals surface area contributed by atoms with Crippen LogP contribution in [0.1, 0.15) is 6.42 Å². The largest absolute Gasteiger partial charge is 0.355 e. The van der Waals surface area contributed by atoms with Gasteiger partial charge in [0.1, 0.15) is 5.82 Å². The first kappa shape index (κ1) is 22.9. The van der Waals surface area contributed by atoms with Crippen molar-refractivity contribution in [2.24, 2.45) is 4.99 Å². The maximum Gasteiger partial charge on any atom is 0.191 e. The molecule has 0 amide bonds. The Morgan fingerprint density at radius 3 is 2.82 bits per heavy atom. The van der Waals surface area contributed by atoms with Crippen molar-refractivity contribution in [2.45, 2.75) is 17.4 Å². The maximum atomic E-state index is 12.3. The van der Waals surface area contributed by atoms with Crippen LogP contribution >= 0.6 is 35.6 Å². The van der Waals surface area contributed by atoms with Gasteiger partial charge >= 0.3 is 0 Å². The second-order valence-corrected chi connectivity index (χ2v) is 8.22. The predicted octanol–water partition coefficient (Wildman–Crippen LogP) is 2.90. The maximum absolute atomic E-state index is 12.3. The standard InChI is InChI=1S/C19H24ClN5OS.HI/c1-21-19(23-11-13-27(26)16-6-3-2-4-7-16)24-15-9-12-25(14-15)18-17(20)8-5-10-22-18;/h2-8,10,15H,9,11-14H2,1H3,(H2,21,23,24);1H. The average molecular weight is 534 g/mol. The molecule has 6 nitrogen and oxygen atoms in total. The van der Waals surface area contributed by atoms with Gasteiger partial charge < -0.3 is 15.5 Å². The van der Waals surface area contributed by atoms with Gasteiger partial charge in [0.25, 0.3) is 0 Å². The third-order valence-electron chi connectivity index (χ3n) is 4.38. The highest BCUT2D eigenvalue weighted by molar-refractivity contribution is 14.0. The van der Waals surface area contributed by atoms with Gasteiger partial charge in [-0.25, -0.2) is 4.98 Å². The van der Waals surface area contributed by atoms with E-state index in [4.69, 9.17) is 11.6 Å². The second kappa shape index (κ2) is 11.6. The van der Waals surface area contributed by atoms with E-state index >= 15 is 0 Å². The van der Waals surface area contributed by atoms with E-state index in [1.54, 1.807) is 13.2 Å². The van der Waals surface area contributed by atoms with Crippen molar-refractivity contribution in [2.75, 3.05) is 37.3 Å². The summed E-state index contributed by atoms with van der Waals surface area (Å²) < 4.78 is 12.3. The molecule has 2 atom stereocenters. The van der Waals surface area contributed by atoms with Gasteiger partial charge in [-0.1, -0.05) is 29.8 Å². The number of pyridine rings is 1. The first-order valence-corrected chi connectivity index (χ1v) is 10.6. The minimum atomic E-state index is -1.02. The van der Waals surface area contributed by atoms with E-state index in [0.717, 1.165) is 36.2 Å². The van der Waals surface area contributed by atoms with E-state index in [9.17, 15) is 4.21 Å². The summed E-state index contributed by atoms with van der Waals surface area (Å²) in [6, 6.07) is 13.5. The summed E-state index contributed by atoms with van der Waals surface area (Å²) in [6.45, 7) is 2.29. The SMILES string of the molecule is CN=C(NCCS(=O)c1ccccc1)NC1CCN(c2ncccc2Cl)C1.I. The van der Waals surface area contributed by atoms with Crippen molar-refractivity contribution in [3.8, 4) is 0 Å². The lowest BCUT2D eigenvalue weighted by molar-refractivity contribution is 0.650. The number of halogens is 2. The number of anilines is 1. The third-order valence-corrected chi connectivity index (χ3v) is 6.05. The van der Waals surface area contributed by atoms with Crippen LogP contribution in [0, 0.1) is 0 Å². The van der Waals surface area contributed by atoms with Gasteiger partial charge in [-0.3, -0.25) is 9.20 Å². The molecule has 1 aromatic heterocycles. The monoisotopic (exact) mass is 533 g/mol. The molecule has 1 saturated heterocycles. The van der Waals surface area contributed by atoms with Crippen LogP contribution in [0.15, 0.2) is 58.5 Å². The number of nitrogens with zero attached hydrogens (tertiary/aromatic N) is 3. The molecule has 152 valence electrons. The summed E-state index contributed by atoms with van der Waals surface area (Å²) in [6.07, 6.45) is 2.73. The molecule has 1 aliphatic heterocycles. The van der Waals surface area contributed by atoms with Crippen LogP contribution in [0.5, 0.6) is 0 Å². The highest BCUT2D eigenvalue weighted by atomic mass is 127. The Bertz CT molecular complexity index is 808. The third kappa shape index (κ3) is 6.31. The summed E-state index contributed by atoms with van der Waals surface area (Å²) in [4.78, 5) is 11.7. The number of rotatable bonds is 6. The highest BCUT2D eigenvalue weighted by Gasteiger charge is 2.25. The van der Waals surface area contributed by atoms with Crippen molar-refractivity contribution >= 4 is 58.2 Å². The van der Waals surface area contributed by atoms with Crippen LogP contribution in [0.3, 0.4) is 0 Å². The van der Waals surface area contributed by atoms with Crippen molar-refractivity contribution in [1.82, 2.24) is 15.6 Å². The molecule has 3 rings (SSSR count). The number of aromatic nitrogens is 1. The minimum absolute atomic E-state index is 0. The predicted molar refractivity (Wildman–Crippen MR) is 127 cm³/mol. The first-order valence-electron chi connectivity index (χ1n) is 8.93. The van der Waals surface area contributed by atoms with Gasteiger partial charge in [0.05, 0.1) is 15.8 Å².